The number of carbonyl (C=O) groups is 1. The van der Waals surface area contributed by atoms with Crippen LogP contribution in [0.15, 0.2) is 10.5 Å². The topological polar surface area (TPSA) is 64.8 Å². The van der Waals surface area contributed by atoms with Gasteiger partial charge < -0.3 is 15.2 Å². The van der Waals surface area contributed by atoms with Gasteiger partial charge in [-0.05, 0) is 39.5 Å². The van der Waals surface area contributed by atoms with E-state index in [0.29, 0.717) is 18.0 Å². The number of amides is 1. The Morgan fingerprint density at radius 3 is 2.79 bits per heavy atom. The molecule has 1 heterocycles. The average molecular weight is 329 g/mol. The Bertz CT molecular complexity index is 505. The third-order valence-electron chi connectivity index (χ3n) is 3.26. The lowest BCUT2D eigenvalue weighted by Gasteiger charge is -2.29. The molecule has 0 saturated heterocycles. The first-order valence-corrected chi connectivity index (χ1v) is 6.79. The van der Waals surface area contributed by atoms with Gasteiger partial charge in [0.2, 0.25) is 5.91 Å². The van der Waals surface area contributed by atoms with Crippen molar-refractivity contribution in [3.05, 3.63) is 21.7 Å². The minimum absolute atomic E-state index is 0.283. The molecule has 0 radical (unpaired) electrons. The number of primary amides is 1. The zero-order valence-corrected chi connectivity index (χ0v) is 12.6. The van der Waals surface area contributed by atoms with Gasteiger partial charge in [-0.25, -0.2) is 0 Å². The van der Waals surface area contributed by atoms with E-state index in [4.69, 9.17) is 15.2 Å². The summed E-state index contributed by atoms with van der Waals surface area (Å²) in [5.74, 6) is 1.10. The number of methoxy groups -OCH3 is 2. The smallest absolute Gasteiger partial charge is 0.231 e. The van der Waals surface area contributed by atoms with E-state index < -0.39 is 0 Å². The standard InChI is InChI=1S/C13H17BrN2O3/c1-18-10-5-8-6-16(7-11(15)17)4-3-9(8)12(14)13(10)19-2/h5H,3-4,6-7H2,1-2H3,(H2,15,17). The van der Waals surface area contributed by atoms with E-state index in [2.05, 4.69) is 15.9 Å². The highest BCUT2D eigenvalue weighted by Crippen LogP contribution is 2.41. The summed E-state index contributed by atoms with van der Waals surface area (Å²) in [6.07, 6.45) is 0.851. The molecule has 1 aliphatic heterocycles. The van der Waals surface area contributed by atoms with Crippen LogP contribution in [0.4, 0.5) is 0 Å². The molecule has 0 bridgehead atoms. The molecule has 0 atom stereocenters. The van der Waals surface area contributed by atoms with Crippen molar-refractivity contribution in [1.82, 2.24) is 4.90 Å². The van der Waals surface area contributed by atoms with E-state index in [-0.39, 0.29) is 12.5 Å². The second-order valence-corrected chi connectivity index (χ2v) is 5.28. The summed E-state index contributed by atoms with van der Waals surface area (Å²) in [5, 5.41) is 0. The molecule has 5 nitrogen and oxygen atoms in total. The molecule has 1 aliphatic rings. The van der Waals surface area contributed by atoms with Crippen LogP contribution in [0.1, 0.15) is 11.1 Å². The summed E-state index contributed by atoms with van der Waals surface area (Å²) in [7, 11) is 3.23. The minimum atomic E-state index is -0.303. The second kappa shape index (κ2) is 5.79. The molecule has 0 unspecified atom stereocenters. The van der Waals surface area contributed by atoms with Gasteiger partial charge in [0.1, 0.15) is 0 Å². The molecule has 0 aromatic heterocycles. The number of fused-ring (bicyclic) bond motifs is 1. The summed E-state index contributed by atoms with van der Waals surface area (Å²) in [6, 6.07) is 1.96. The number of hydrogen-bond acceptors (Lipinski definition) is 4. The number of ether oxygens (including phenoxy) is 2. The highest BCUT2D eigenvalue weighted by molar-refractivity contribution is 9.10. The van der Waals surface area contributed by atoms with Crippen molar-refractivity contribution in [3.63, 3.8) is 0 Å². The van der Waals surface area contributed by atoms with Gasteiger partial charge in [0.25, 0.3) is 0 Å². The first-order chi connectivity index (χ1) is 9.06. The monoisotopic (exact) mass is 328 g/mol. The molecule has 2 N–H and O–H groups in total. The maximum Gasteiger partial charge on any atom is 0.231 e. The zero-order valence-electron chi connectivity index (χ0n) is 11.0. The van der Waals surface area contributed by atoms with Crippen molar-refractivity contribution in [2.45, 2.75) is 13.0 Å². The van der Waals surface area contributed by atoms with Crippen LogP contribution in [-0.2, 0) is 17.8 Å². The highest BCUT2D eigenvalue weighted by Gasteiger charge is 2.23. The van der Waals surface area contributed by atoms with Crippen LogP contribution in [-0.4, -0.2) is 38.1 Å². The van der Waals surface area contributed by atoms with Gasteiger partial charge >= 0.3 is 0 Å². The van der Waals surface area contributed by atoms with E-state index in [1.807, 2.05) is 11.0 Å². The van der Waals surface area contributed by atoms with Crippen LogP contribution < -0.4 is 15.2 Å². The Balaban J connectivity index is 2.35. The second-order valence-electron chi connectivity index (χ2n) is 4.49. The lowest BCUT2D eigenvalue weighted by Crippen LogP contribution is -2.37. The van der Waals surface area contributed by atoms with Crippen LogP contribution in [0.25, 0.3) is 0 Å². The molecule has 104 valence electrons. The fourth-order valence-electron chi connectivity index (χ4n) is 2.40. The molecule has 6 heteroatoms. The van der Waals surface area contributed by atoms with Crippen LogP contribution in [0.2, 0.25) is 0 Å². The number of hydrogen-bond donors (Lipinski definition) is 1. The number of rotatable bonds is 4. The SMILES string of the molecule is COc1cc2c(c(Br)c1OC)CCN(CC(N)=O)C2. The third-order valence-corrected chi connectivity index (χ3v) is 4.10. The van der Waals surface area contributed by atoms with Gasteiger partial charge in [0.05, 0.1) is 25.2 Å². The summed E-state index contributed by atoms with van der Waals surface area (Å²) in [5.41, 5.74) is 7.58. The van der Waals surface area contributed by atoms with E-state index in [1.54, 1.807) is 14.2 Å². The lowest BCUT2D eigenvalue weighted by atomic mass is 9.98. The summed E-state index contributed by atoms with van der Waals surface area (Å²) >= 11 is 3.57. The predicted octanol–water partition coefficient (Wildman–Crippen LogP) is 1.31. The molecule has 0 spiro atoms. The minimum Gasteiger partial charge on any atom is -0.493 e. The maximum atomic E-state index is 11.0. The van der Waals surface area contributed by atoms with E-state index >= 15 is 0 Å². The van der Waals surface area contributed by atoms with E-state index in [9.17, 15) is 4.79 Å². The first kappa shape index (κ1) is 14.1. The Hall–Kier alpha value is -1.27. The molecule has 19 heavy (non-hydrogen) atoms. The van der Waals surface area contributed by atoms with Crippen LogP contribution in [0, 0.1) is 0 Å². The molecule has 1 amide bonds. The molecule has 1 aromatic rings. The zero-order chi connectivity index (χ0) is 14.0. The number of nitrogens with zero attached hydrogens (tertiary/aromatic N) is 1. The van der Waals surface area contributed by atoms with Crippen LogP contribution in [0.3, 0.4) is 0 Å². The van der Waals surface area contributed by atoms with E-state index in [0.717, 1.165) is 23.0 Å². The molecular weight excluding hydrogens is 312 g/mol. The number of nitrogens with two attached hydrogens (primary N) is 1. The average Bonchev–Trinajstić information content (AvgIpc) is 2.37. The van der Waals surface area contributed by atoms with Crippen molar-refractivity contribution < 1.29 is 14.3 Å². The summed E-state index contributed by atoms with van der Waals surface area (Å²) < 4.78 is 11.6. The molecule has 2 rings (SSSR count). The normalized spacial score (nSPS) is 14.9. The van der Waals surface area contributed by atoms with Crippen LogP contribution >= 0.6 is 15.9 Å². The van der Waals surface area contributed by atoms with Crippen molar-refractivity contribution in [2.24, 2.45) is 5.73 Å². The quantitative estimate of drug-likeness (QED) is 0.905. The van der Waals surface area contributed by atoms with Crippen molar-refractivity contribution in [3.8, 4) is 11.5 Å². The largest absolute Gasteiger partial charge is 0.493 e. The summed E-state index contributed by atoms with van der Waals surface area (Å²) in [4.78, 5) is 13.0. The Morgan fingerprint density at radius 2 is 2.21 bits per heavy atom. The molecule has 0 saturated carbocycles. The lowest BCUT2D eigenvalue weighted by molar-refractivity contribution is -0.119. The Labute approximate surface area is 120 Å². The number of halogens is 1. The first-order valence-electron chi connectivity index (χ1n) is 5.99. The number of carbonyl (C=O) groups excluding carboxylic acids is 1. The predicted molar refractivity (Wildman–Crippen MR) is 75.4 cm³/mol. The third kappa shape index (κ3) is 2.84. The molecule has 0 fully saturated rings. The molecule has 1 aromatic carbocycles. The fourth-order valence-corrected chi connectivity index (χ4v) is 3.21. The molecule has 0 aliphatic carbocycles. The van der Waals surface area contributed by atoms with Gasteiger partial charge in [-0.3, -0.25) is 9.69 Å². The Morgan fingerprint density at radius 1 is 1.47 bits per heavy atom. The van der Waals surface area contributed by atoms with Gasteiger partial charge in [0.15, 0.2) is 11.5 Å². The van der Waals surface area contributed by atoms with Gasteiger partial charge in [-0.1, -0.05) is 0 Å². The van der Waals surface area contributed by atoms with Crippen LogP contribution in [0.5, 0.6) is 11.5 Å². The van der Waals surface area contributed by atoms with Gasteiger partial charge in [-0.15, -0.1) is 0 Å². The van der Waals surface area contributed by atoms with E-state index in [1.165, 1.54) is 5.56 Å². The highest BCUT2D eigenvalue weighted by atomic mass is 79.9. The maximum absolute atomic E-state index is 11.0. The van der Waals surface area contributed by atoms with Crippen molar-refractivity contribution >= 4 is 21.8 Å². The van der Waals surface area contributed by atoms with Gasteiger partial charge in [-0.2, -0.15) is 0 Å². The molecular formula is C13H17BrN2O3. The van der Waals surface area contributed by atoms with Crippen molar-refractivity contribution in [1.29, 1.82) is 0 Å². The van der Waals surface area contributed by atoms with Crippen molar-refractivity contribution in [2.75, 3.05) is 27.3 Å². The van der Waals surface area contributed by atoms with Gasteiger partial charge in [0, 0.05) is 13.1 Å². The summed E-state index contributed by atoms with van der Waals surface area (Å²) in [6.45, 7) is 1.78. The fraction of sp³-hybridized carbons (Fsp3) is 0.462. The number of benzene rings is 1. The Kier molecular flexibility index (Phi) is 4.31.